The second-order valence-electron chi connectivity index (χ2n) is 10.2. The number of benzene rings is 4. The van der Waals surface area contributed by atoms with Gasteiger partial charge >= 0.3 is 0 Å². The molecule has 0 amide bonds. The van der Waals surface area contributed by atoms with E-state index in [1.165, 1.54) is 0 Å². The molecule has 4 aromatic carbocycles. The van der Waals surface area contributed by atoms with Crippen molar-refractivity contribution in [3.63, 3.8) is 0 Å². The van der Waals surface area contributed by atoms with E-state index in [1.54, 1.807) is 97.1 Å². The Morgan fingerprint density at radius 2 is 1.21 bits per heavy atom. The minimum absolute atomic E-state index is 0.109. The molecule has 0 saturated carbocycles. The van der Waals surface area contributed by atoms with Crippen molar-refractivity contribution in [1.29, 1.82) is 10.5 Å². The summed E-state index contributed by atoms with van der Waals surface area (Å²) in [5.41, 5.74) is 4.36. The molecular formula is C34H28N2O4S2. The van der Waals surface area contributed by atoms with Crippen molar-refractivity contribution >= 4 is 25.2 Å². The van der Waals surface area contributed by atoms with Gasteiger partial charge in [0.05, 0.1) is 43.2 Å². The molecule has 0 N–H and O–H groups in total. The lowest BCUT2D eigenvalue weighted by Gasteiger charge is -2.21. The van der Waals surface area contributed by atoms with E-state index < -0.39 is 19.7 Å². The Hall–Kier alpha value is -4.50. The third-order valence-corrected chi connectivity index (χ3v) is 11.1. The third kappa shape index (κ3) is 5.78. The zero-order valence-electron chi connectivity index (χ0n) is 22.8. The van der Waals surface area contributed by atoms with Gasteiger partial charge in [0.2, 0.25) is 19.7 Å². The van der Waals surface area contributed by atoms with Crippen LogP contribution in [-0.2, 0) is 32.5 Å². The molecule has 1 unspecified atom stereocenters. The highest BCUT2D eigenvalue weighted by atomic mass is 32.2. The van der Waals surface area contributed by atoms with E-state index in [0.717, 1.165) is 54.4 Å². The van der Waals surface area contributed by atoms with Crippen molar-refractivity contribution in [2.24, 2.45) is 0 Å². The Labute approximate surface area is 247 Å². The molecule has 0 fully saturated rings. The molecule has 42 heavy (non-hydrogen) atoms. The number of hydrogen-bond donors (Lipinski definition) is 0. The van der Waals surface area contributed by atoms with Crippen molar-refractivity contribution in [1.82, 2.24) is 0 Å². The summed E-state index contributed by atoms with van der Waals surface area (Å²) >= 11 is 0. The highest BCUT2D eigenvalue weighted by Crippen LogP contribution is 2.34. The van der Waals surface area contributed by atoms with Crippen LogP contribution in [-0.4, -0.2) is 16.8 Å². The van der Waals surface area contributed by atoms with Gasteiger partial charge in [0.25, 0.3) is 0 Å². The van der Waals surface area contributed by atoms with E-state index in [2.05, 4.69) is 12.1 Å². The number of rotatable bonds is 4. The molecule has 8 heteroatoms. The second kappa shape index (κ2) is 12.2. The summed E-state index contributed by atoms with van der Waals surface area (Å²) in [6.45, 7) is 0. The molecule has 0 heterocycles. The van der Waals surface area contributed by atoms with Gasteiger partial charge in [-0.2, -0.15) is 10.5 Å². The van der Waals surface area contributed by atoms with Crippen LogP contribution in [0.3, 0.4) is 0 Å². The van der Waals surface area contributed by atoms with E-state index in [4.69, 9.17) is 5.26 Å². The molecule has 0 spiro atoms. The molecule has 0 aromatic heterocycles. The summed E-state index contributed by atoms with van der Waals surface area (Å²) in [7, 11) is -6.98. The average Bonchev–Trinajstić information content (AvgIpc) is 3.04. The van der Waals surface area contributed by atoms with Crippen molar-refractivity contribution in [3.8, 4) is 12.1 Å². The lowest BCUT2D eigenvalue weighted by molar-refractivity contribution is 0.593. The standard InChI is InChI=1S/C17H15NO2S.C17H13NO2S/c2*18-12-14-6-4-5-13-11-16(9-10-17(13)14)21(19,20)15-7-2-1-3-8-15/h1-3,7-11,14H,4-6H2;1-3,6-11H,4-5H2. The fourth-order valence-electron chi connectivity index (χ4n) is 5.36. The summed E-state index contributed by atoms with van der Waals surface area (Å²) < 4.78 is 50.4. The maximum Gasteiger partial charge on any atom is 0.206 e. The van der Waals surface area contributed by atoms with Crippen molar-refractivity contribution in [2.45, 2.75) is 57.6 Å². The SMILES string of the molecule is N#CC1=CCCc2cc(S(=O)(=O)c3ccccc3)ccc21.N#CC1CCCc2cc(S(=O)(=O)c3ccccc3)ccc21. The van der Waals surface area contributed by atoms with Crippen LogP contribution < -0.4 is 0 Å². The number of sulfone groups is 2. The first kappa shape index (κ1) is 29.0. The minimum atomic E-state index is -3.50. The number of fused-ring (bicyclic) bond motifs is 2. The molecule has 2 aliphatic carbocycles. The fourth-order valence-corrected chi connectivity index (χ4v) is 8.02. The first-order valence-electron chi connectivity index (χ1n) is 13.6. The van der Waals surface area contributed by atoms with Crippen LogP contribution >= 0.6 is 0 Å². The average molecular weight is 593 g/mol. The summed E-state index contributed by atoms with van der Waals surface area (Å²) in [5, 5.41) is 18.3. The quantitative estimate of drug-likeness (QED) is 0.256. The van der Waals surface area contributed by atoms with Gasteiger partial charge in [-0.15, -0.1) is 0 Å². The molecule has 0 bridgehead atoms. The first-order chi connectivity index (χ1) is 20.3. The van der Waals surface area contributed by atoms with Crippen molar-refractivity contribution in [2.75, 3.05) is 0 Å². The van der Waals surface area contributed by atoms with Gasteiger partial charge < -0.3 is 0 Å². The van der Waals surface area contributed by atoms with Crippen LogP contribution in [0.25, 0.3) is 5.57 Å². The fraction of sp³-hybridized carbons (Fsp3) is 0.176. The zero-order chi connectivity index (χ0) is 29.7. The van der Waals surface area contributed by atoms with Gasteiger partial charge in [-0.1, -0.05) is 54.6 Å². The highest BCUT2D eigenvalue weighted by molar-refractivity contribution is 7.91. The Morgan fingerprint density at radius 1 is 0.643 bits per heavy atom. The maximum absolute atomic E-state index is 12.6. The topological polar surface area (TPSA) is 116 Å². The molecule has 0 aliphatic heterocycles. The van der Waals surface area contributed by atoms with E-state index in [1.807, 2.05) is 6.08 Å². The first-order valence-corrected chi connectivity index (χ1v) is 16.6. The van der Waals surface area contributed by atoms with Gasteiger partial charge in [-0.25, -0.2) is 16.8 Å². The van der Waals surface area contributed by atoms with Crippen molar-refractivity contribution in [3.05, 3.63) is 125 Å². The molecule has 6 nitrogen and oxygen atoms in total. The Morgan fingerprint density at radius 3 is 1.79 bits per heavy atom. The Bertz CT molecular complexity index is 1950. The second-order valence-corrected chi connectivity index (χ2v) is 14.1. The molecule has 0 saturated heterocycles. The third-order valence-electron chi connectivity index (χ3n) is 7.56. The molecular weight excluding hydrogens is 565 g/mol. The van der Waals surface area contributed by atoms with Crippen molar-refractivity contribution < 1.29 is 16.8 Å². The van der Waals surface area contributed by atoms with E-state index in [0.29, 0.717) is 15.4 Å². The molecule has 4 aromatic rings. The predicted octanol–water partition coefficient (Wildman–Crippen LogP) is 6.84. The summed E-state index contributed by atoms with van der Waals surface area (Å²) in [6.07, 6.45) is 6.05. The molecule has 2 aliphatic rings. The van der Waals surface area contributed by atoms with E-state index in [-0.39, 0.29) is 15.7 Å². The lowest BCUT2D eigenvalue weighted by atomic mass is 9.84. The van der Waals surface area contributed by atoms with Gasteiger partial charge in [0.1, 0.15) is 0 Å². The van der Waals surface area contributed by atoms with Gasteiger partial charge in [0.15, 0.2) is 0 Å². The number of hydrogen-bond acceptors (Lipinski definition) is 6. The van der Waals surface area contributed by atoms with Crippen LogP contribution in [0, 0.1) is 22.7 Å². The summed E-state index contributed by atoms with van der Waals surface area (Å²) in [5.74, 6) is -0.109. The number of allylic oxidation sites excluding steroid dienone is 2. The van der Waals surface area contributed by atoms with Gasteiger partial charge in [0, 0.05) is 0 Å². The van der Waals surface area contributed by atoms with Crippen LogP contribution in [0.15, 0.2) is 123 Å². The van der Waals surface area contributed by atoms with Crippen LogP contribution in [0.4, 0.5) is 0 Å². The Kier molecular flexibility index (Phi) is 8.40. The van der Waals surface area contributed by atoms with Gasteiger partial charge in [-0.3, -0.25) is 0 Å². The highest BCUT2D eigenvalue weighted by Gasteiger charge is 2.24. The number of nitriles is 2. The van der Waals surface area contributed by atoms with Crippen LogP contribution in [0.2, 0.25) is 0 Å². The zero-order valence-corrected chi connectivity index (χ0v) is 24.4. The van der Waals surface area contributed by atoms with E-state index in [9.17, 15) is 22.1 Å². The number of aryl methyl sites for hydroxylation is 2. The van der Waals surface area contributed by atoms with Crippen LogP contribution in [0.5, 0.6) is 0 Å². The maximum atomic E-state index is 12.6. The Balaban J connectivity index is 0.000000168. The summed E-state index contributed by atoms with van der Waals surface area (Å²) in [4.78, 5) is 1.19. The monoisotopic (exact) mass is 592 g/mol. The van der Waals surface area contributed by atoms with Gasteiger partial charge in [-0.05, 0) is 103 Å². The normalized spacial score (nSPS) is 15.9. The van der Waals surface area contributed by atoms with Crippen LogP contribution in [0.1, 0.15) is 47.4 Å². The lowest BCUT2D eigenvalue weighted by Crippen LogP contribution is -2.10. The molecule has 210 valence electrons. The van der Waals surface area contributed by atoms with E-state index >= 15 is 0 Å². The summed E-state index contributed by atoms with van der Waals surface area (Å²) in [6, 6.07) is 31.5. The largest absolute Gasteiger partial charge is 0.219 e. The predicted molar refractivity (Wildman–Crippen MR) is 160 cm³/mol. The molecule has 1 atom stereocenters. The molecule has 6 rings (SSSR count). The molecule has 0 radical (unpaired) electrons. The smallest absolute Gasteiger partial charge is 0.206 e. The number of nitrogens with zero attached hydrogens (tertiary/aromatic N) is 2. The minimum Gasteiger partial charge on any atom is -0.219 e.